The fourth-order valence-corrected chi connectivity index (χ4v) is 5.45. The number of nitrogens with zero attached hydrogens (tertiary/aromatic N) is 1. The van der Waals surface area contributed by atoms with E-state index in [1.54, 1.807) is 0 Å². The van der Waals surface area contributed by atoms with E-state index in [-0.39, 0.29) is 24.0 Å². The van der Waals surface area contributed by atoms with Crippen LogP contribution in [0.4, 0.5) is 13.2 Å². The van der Waals surface area contributed by atoms with E-state index in [9.17, 15) is 18.0 Å². The van der Waals surface area contributed by atoms with Gasteiger partial charge in [0.1, 0.15) is 18.6 Å². The van der Waals surface area contributed by atoms with Crippen LogP contribution in [-0.2, 0) is 26.2 Å². The molecule has 214 valence electrons. The molecule has 1 unspecified atom stereocenters. The van der Waals surface area contributed by atoms with E-state index in [0.29, 0.717) is 17.6 Å². The van der Waals surface area contributed by atoms with Gasteiger partial charge in [0.25, 0.3) is 0 Å². The van der Waals surface area contributed by atoms with Crippen molar-refractivity contribution in [3.05, 3.63) is 114 Å². The number of alkyl halides is 3. The average molecular weight is 576 g/mol. The van der Waals surface area contributed by atoms with E-state index in [4.69, 9.17) is 17.7 Å². The maximum atomic E-state index is 12.9. The number of carbonyl (C=O) groups excluding carboxylic acids is 1. The number of benzene rings is 3. The van der Waals surface area contributed by atoms with Gasteiger partial charge in [-0.2, -0.15) is 13.2 Å². The minimum absolute atomic E-state index is 0.0828. The molecule has 1 heterocycles. The molecule has 10 heteroatoms. The number of halogens is 3. The van der Waals surface area contributed by atoms with E-state index in [2.05, 4.69) is 92.4 Å². The minimum atomic E-state index is -6.09. The number of hydrogen-bond donors (Lipinski definition) is 0. The highest BCUT2D eigenvalue weighted by atomic mass is 32.2. The molecule has 0 aromatic heterocycles. The Labute approximate surface area is 233 Å². The fraction of sp³-hybridized carbons (Fsp3) is 0.300. The van der Waals surface area contributed by atoms with Crippen LogP contribution in [0.5, 0.6) is 0 Å². The maximum Gasteiger partial charge on any atom is 0.485 e. The summed E-state index contributed by atoms with van der Waals surface area (Å²) in [5.41, 5.74) is -0.913. The van der Waals surface area contributed by atoms with Crippen molar-refractivity contribution in [2.24, 2.45) is 0 Å². The van der Waals surface area contributed by atoms with Crippen molar-refractivity contribution in [3.8, 4) is 0 Å². The monoisotopic (exact) mass is 575 g/mol. The standard InChI is InChI=1S/C29H32NO2.CHF3O3S/c1-4-32-27(31)21-30(20-24-14-8-5-9-15-24)23(3)28(26-18-12-7-13-19-26)29(30)22(2)25-16-10-6-11-17-25;2-1(3,4)8(5,6)7/h5-19,23,28-29H,2,4,20-21H2,1,3H3;(H,5,6,7)/q+1;/p-1/t23-,28+,29+,30?;/m0./s1. The van der Waals surface area contributed by atoms with E-state index in [0.717, 1.165) is 17.7 Å². The summed E-state index contributed by atoms with van der Waals surface area (Å²) < 4.78 is 65.0. The largest absolute Gasteiger partial charge is 0.741 e. The van der Waals surface area contributed by atoms with Crippen LogP contribution in [0, 0.1) is 0 Å². The summed E-state index contributed by atoms with van der Waals surface area (Å²) >= 11 is 0. The molecular formula is C30H32F3NO5S. The summed E-state index contributed by atoms with van der Waals surface area (Å²) in [5, 5.41) is 0. The Morgan fingerprint density at radius 2 is 1.43 bits per heavy atom. The first-order chi connectivity index (χ1) is 18.8. The van der Waals surface area contributed by atoms with Gasteiger partial charge in [0, 0.05) is 11.1 Å². The highest BCUT2D eigenvalue weighted by Gasteiger charge is 2.62. The first-order valence-electron chi connectivity index (χ1n) is 12.7. The molecule has 0 N–H and O–H groups in total. The molecule has 6 nitrogen and oxygen atoms in total. The van der Waals surface area contributed by atoms with Crippen molar-refractivity contribution in [2.45, 2.75) is 43.9 Å². The second-order valence-electron chi connectivity index (χ2n) is 9.62. The molecule has 4 atom stereocenters. The third-order valence-electron chi connectivity index (χ3n) is 7.24. The molecule has 3 aromatic rings. The van der Waals surface area contributed by atoms with E-state index >= 15 is 0 Å². The maximum absolute atomic E-state index is 12.9. The molecule has 0 amide bonds. The first kappa shape index (κ1) is 31.1. The normalized spacial score (nSPS) is 22.3. The smallest absolute Gasteiger partial charge is 0.485 e. The molecule has 1 aliphatic heterocycles. The lowest BCUT2D eigenvalue weighted by molar-refractivity contribution is -1.01. The van der Waals surface area contributed by atoms with Gasteiger partial charge >= 0.3 is 11.5 Å². The zero-order valence-electron chi connectivity index (χ0n) is 22.3. The van der Waals surface area contributed by atoms with Gasteiger partial charge < -0.3 is 13.8 Å². The number of likely N-dealkylation sites (tertiary alicyclic amines) is 1. The molecule has 3 aromatic carbocycles. The molecule has 0 radical (unpaired) electrons. The van der Waals surface area contributed by atoms with Crippen molar-refractivity contribution >= 4 is 21.7 Å². The van der Waals surface area contributed by atoms with Gasteiger partial charge in [-0.3, -0.25) is 0 Å². The van der Waals surface area contributed by atoms with Gasteiger partial charge in [0.05, 0.1) is 12.5 Å². The van der Waals surface area contributed by atoms with Gasteiger partial charge in [0.15, 0.2) is 16.7 Å². The Bertz CT molecular complexity index is 1380. The Kier molecular flexibility index (Phi) is 9.94. The Balaban J connectivity index is 0.000000482. The molecular weight excluding hydrogens is 543 g/mol. The van der Waals surface area contributed by atoms with Crippen LogP contribution in [0.25, 0.3) is 5.57 Å². The van der Waals surface area contributed by atoms with Gasteiger partial charge in [-0.25, -0.2) is 13.2 Å². The van der Waals surface area contributed by atoms with Crippen molar-refractivity contribution in [3.63, 3.8) is 0 Å². The fourth-order valence-electron chi connectivity index (χ4n) is 5.45. The van der Waals surface area contributed by atoms with Crippen molar-refractivity contribution < 1.29 is 40.2 Å². The van der Waals surface area contributed by atoms with Crippen LogP contribution < -0.4 is 0 Å². The molecule has 4 rings (SSSR count). The molecule has 40 heavy (non-hydrogen) atoms. The lowest BCUT2D eigenvalue weighted by atomic mass is 9.68. The third-order valence-corrected chi connectivity index (χ3v) is 7.81. The van der Waals surface area contributed by atoms with Gasteiger partial charge in [-0.15, -0.1) is 0 Å². The summed E-state index contributed by atoms with van der Waals surface area (Å²) in [6.45, 7) is 10.2. The average Bonchev–Trinajstić information content (AvgIpc) is 2.91. The third kappa shape index (κ3) is 6.99. The molecule has 1 saturated heterocycles. The topological polar surface area (TPSA) is 83.5 Å². The quantitative estimate of drug-likeness (QED) is 0.145. The summed E-state index contributed by atoms with van der Waals surface area (Å²) in [6.07, 6.45) is 0. The van der Waals surface area contributed by atoms with E-state index in [1.165, 1.54) is 11.1 Å². The summed E-state index contributed by atoms with van der Waals surface area (Å²) in [7, 11) is -6.09. The molecule has 0 aliphatic carbocycles. The van der Waals surface area contributed by atoms with Crippen LogP contribution in [0.3, 0.4) is 0 Å². The lowest BCUT2D eigenvalue weighted by Gasteiger charge is -2.62. The number of esters is 1. The molecule has 0 saturated carbocycles. The van der Waals surface area contributed by atoms with Crippen LogP contribution in [0.15, 0.2) is 97.6 Å². The molecule has 0 spiro atoms. The highest BCUT2D eigenvalue weighted by Crippen LogP contribution is 2.53. The summed E-state index contributed by atoms with van der Waals surface area (Å²) in [5.74, 6) is 0.134. The van der Waals surface area contributed by atoms with Crippen molar-refractivity contribution in [2.75, 3.05) is 13.2 Å². The molecule has 1 aliphatic rings. The highest BCUT2D eigenvalue weighted by molar-refractivity contribution is 7.86. The van der Waals surface area contributed by atoms with Crippen molar-refractivity contribution in [1.29, 1.82) is 0 Å². The summed E-state index contributed by atoms with van der Waals surface area (Å²) in [6, 6.07) is 31.8. The van der Waals surface area contributed by atoms with Crippen LogP contribution in [-0.4, -0.2) is 54.2 Å². The minimum Gasteiger partial charge on any atom is -0.741 e. The zero-order chi connectivity index (χ0) is 29.6. The number of quaternary nitrogens is 1. The van der Waals surface area contributed by atoms with Crippen LogP contribution in [0.1, 0.15) is 36.5 Å². The lowest BCUT2D eigenvalue weighted by Crippen LogP contribution is -2.75. The molecule has 0 bridgehead atoms. The molecule has 1 fully saturated rings. The van der Waals surface area contributed by atoms with Gasteiger partial charge in [-0.05, 0) is 25.0 Å². The SMILES string of the molecule is C=C(c1ccccc1)[C@@H]1[C@@H](c2ccccc2)[C@H](C)[N+]1(CC(=O)OCC)Cc1ccccc1.O=S(=O)([O-])C(F)(F)F. The Hall–Kier alpha value is -3.47. The van der Waals surface area contributed by atoms with E-state index < -0.39 is 15.6 Å². The van der Waals surface area contributed by atoms with Crippen LogP contribution in [0.2, 0.25) is 0 Å². The van der Waals surface area contributed by atoms with Crippen LogP contribution >= 0.6 is 0 Å². The second-order valence-corrected chi connectivity index (χ2v) is 11.0. The Morgan fingerprint density at radius 3 is 1.90 bits per heavy atom. The zero-order valence-corrected chi connectivity index (χ0v) is 23.1. The summed E-state index contributed by atoms with van der Waals surface area (Å²) in [4.78, 5) is 12.9. The first-order valence-corrected chi connectivity index (χ1v) is 14.1. The van der Waals surface area contributed by atoms with E-state index in [1.807, 2.05) is 19.1 Å². The second kappa shape index (κ2) is 12.8. The number of ether oxygens (including phenoxy) is 1. The number of rotatable bonds is 8. The van der Waals surface area contributed by atoms with Crippen molar-refractivity contribution in [1.82, 2.24) is 0 Å². The van der Waals surface area contributed by atoms with Gasteiger partial charge in [0.2, 0.25) is 0 Å². The van der Waals surface area contributed by atoms with Gasteiger partial charge in [-0.1, -0.05) is 97.6 Å². The number of hydrogen-bond acceptors (Lipinski definition) is 5. The Morgan fingerprint density at radius 1 is 0.950 bits per heavy atom. The number of carbonyl (C=O) groups is 1. The predicted molar refractivity (Wildman–Crippen MR) is 146 cm³/mol. The predicted octanol–water partition coefficient (Wildman–Crippen LogP) is 5.89.